The van der Waals surface area contributed by atoms with Gasteiger partial charge in [0.1, 0.15) is 13.2 Å². The van der Waals surface area contributed by atoms with E-state index < -0.39 is 12.1 Å². The van der Waals surface area contributed by atoms with Crippen molar-refractivity contribution in [3.05, 3.63) is 146 Å². The molecular formula is C71H114O6. The summed E-state index contributed by atoms with van der Waals surface area (Å²) in [6.45, 7) is 6.33. The number of carbonyl (C=O) groups is 3. The lowest BCUT2D eigenvalue weighted by atomic mass is 10.1. The maximum atomic E-state index is 12.9. The maximum absolute atomic E-state index is 12.9. The van der Waals surface area contributed by atoms with Gasteiger partial charge in [-0.2, -0.15) is 0 Å². The minimum atomic E-state index is -0.834. The molecule has 0 fully saturated rings. The zero-order chi connectivity index (χ0) is 55.7. The fraction of sp³-hybridized carbons (Fsp3) is 0.620. The van der Waals surface area contributed by atoms with Crippen LogP contribution < -0.4 is 0 Å². The van der Waals surface area contributed by atoms with Crippen molar-refractivity contribution < 1.29 is 28.6 Å². The molecule has 0 radical (unpaired) electrons. The Balaban J connectivity index is 4.52. The number of hydrogen-bond acceptors (Lipinski definition) is 6. The molecule has 0 aromatic rings. The zero-order valence-electron chi connectivity index (χ0n) is 49.7. The molecule has 0 N–H and O–H groups in total. The van der Waals surface area contributed by atoms with Gasteiger partial charge in [0.2, 0.25) is 0 Å². The SMILES string of the molecule is CC/C=C\C/C=C\C/C=C\C/C=C\C/C=C\C/C=C\CCC(=O)OC(COC(=O)CCCCCCCCC/C=C\C/C=C\C/C=C\CC)COC(=O)CCCCCCCCCC/C=C\C/C=C\C/C=C\CCCCCCC. The number of allylic oxidation sites excluding steroid dienone is 24. The molecule has 77 heavy (non-hydrogen) atoms. The zero-order valence-corrected chi connectivity index (χ0v) is 49.7. The van der Waals surface area contributed by atoms with Gasteiger partial charge in [-0.3, -0.25) is 14.4 Å². The Morgan fingerprint density at radius 1 is 0.273 bits per heavy atom. The van der Waals surface area contributed by atoms with Crippen molar-refractivity contribution in [1.82, 2.24) is 0 Å². The van der Waals surface area contributed by atoms with Crippen LogP contribution in [-0.2, 0) is 28.6 Å². The highest BCUT2D eigenvalue weighted by molar-refractivity contribution is 5.71. The summed E-state index contributed by atoms with van der Waals surface area (Å²) in [5, 5.41) is 0. The van der Waals surface area contributed by atoms with E-state index in [-0.39, 0.29) is 31.6 Å². The number of esters is 3. The topological polar surface area (TPSA) is 78.9 Å². The van der Waals surface area contributed by atoms with Crippen molar-refractivity contribution in [1.29, 1.82) is 0 Å². The van der Waals surface area contributed by atoms with Crippen LogP contribution >= 0.6 is 0 Å². The lowest BCUT2D eigenvalue weighted by molar-refractivity contribution is -0.166. The average Bonchev–Trinajstić information content (AvgIpc) is 3.43. The first kappa shape index (κ1) is 72.3. The van der Waals surface area contributed by atoms with Gasteiger partial charge < -0.3 is 14.2 Å². The summed E-state index contributed by atoms with van der Waals surface area (Å²) in [7, 11) is 0. The third-order valence-electron chi connectivity index (χ3n) is 12.8. The van der Waals surface area contributed by atoms with E-state index in [9.17, 15) is 14.4 Å². The van der Waals surface area contributed by atoms with E-state index in [1.54, 1.807) is 0 Å². The second-order valence-corrected chi connectivity index (χ2v) is 20.2. The Bertz CT molecular complexity index is 1700. The molecule has 0 aromatic heterocycles. The highest BCUT2D eigenvalue weighted by Gasteiger charge is 2.19. The Labute approximate surface area is 474 Å². The molecule has 0 aromatic carbocycles. The minimum absolute atomic E-state index is 0.121. The Kier molecular flexibility index (Phi) is 59.9. The number of carbonyl (C=O) groups excluding carboxylic acids is 3. The predicted molar refractivity (Wildman–Crippen MR) is 334 cm³/mol. The van der Waals surface area contributed by atoms with Crippen LogP contribution in [0.4, 0.5) is 0 Å². The van der Waals surface area contributed by atoms with Gasteiger partial charge in [0.05, 0.1) is 0 Å². The molecule has 0 saturated carbocycles. The molecule has 0 heterocycles. The van der Waals surface area contributed by atoms with E-state index in [4.69, 9.17) is 14.2 Å². The van der Waals surface area contributed by atoms with E-state index in [0.29, 0.717) is 19.3 Å². The minimum Gasteiger partial charge on any atom is -0.462 e. The molecule has 0 aliphatic rings. The molecule has 0 aliphatic carbocycles. The van der Waals surface area contributed by atoms with Crippen molar-refractivity contribution in [3.63, 3.8) is 0 Å². The number of ether oxygens (including phenoxy) is 3. The highest BCUT2D eigenvalue weighted by atomic mass is 16.6. The van der Waals surface area contributed by atoms with Gasteiger partial charge >= 0.3 is 17.9 Å². The molecule has 0 rings (SSSR count). The van der Waals surface area contributed by atoms with E-state index in [2.05, 4.69) is 154 Å². The van der Waals surface area contributed by atoms with Crippen LogP contribution in [0, 0.1) is 0 Å². The molecule has 0 spiro atoms. The summed E-state index contributed by atoms with van der Waals surface area (Å²) in [6, 6.07) is 0. The van der Waals surface area contributed by atoms with E-state index in [0.717, 1.165) is 122 Å². The second-order valence-electron chi connectivity index (χ2n) is 20.2. The fourth-order valence-corrected chi connectivity index (χ4v) is 8.20. The van der Waals surface area contributed by atoms with Crippen molar-refractivity contribution >= 4 is 17.9 Å². The highest BCUT2D eigenvalue weighted by Crippen LogP contribution is 2.14. The van der Waals surface area contributed by atoms with Crippen molar-refractivity contribution in [2.45, 2.75) is 271 Å². The van der Waals surface area contributed by atoms with Crippen LogP contribution in [0.15, 0.2) is 146 Å². The lowest BCUT2D eigenvalue weighted by Gasteiger charge is -2.18. The molecule has 6 heteroatoms. The molecule has 434 valence electrons. The molecule has 1 atom stereocenters. The Morgan fingerprint density at radius 3 is 0.844 bits per heavy atom. The summed E-state index contributed by atoms with van der Waals surface area (Å²) in [5.41, 5.74) is 0. The molecular weight excluding hydrogens is 949 g/mol. The first-order valence-corrected chi connectivity index (χ1v) is 31.3. The van der Waals surface area contributed by atoms with Crippen LogP contribution in [0.3, 0.4) is 0 Å². The maximum Gasteiger partial charge on any atom is 0.306 e. The molecule has 0 saturated heterocycles. The van der Waals surface area contributed by atoms with Gasteiger partial charge in [-0.25, -0.2) is 0 Å². The van der Waals surface area contributed by atoms with Crippen LogP contribution in [0.2, 0.25) is 0 Å². The summed E-state index contributed by atoms with van der Waals surface area (Å²) in [6.07, 6.45) is 91.4. The normalized spacial score (nSPS) is 13.1. The smallest absolute Gasteiger partial charge is 0.306 e. The van der Waals surface area contributed by atoms with Crippen LogP contribution in [0.1, 0.15) is 265 Å². The van der Waals surface area contributed by atoms with Crippen LogP contribution in [0.5, 0.6) is 0 Å². The van der Waals surface area contributed by atoms with Gasteiger partial charge in [-0.15, -0.1) is 0 Å². The van der Waals surface area contributed by atoms with Gasteiger partial charge in [0.15, 0.2) is 6.10 Å². The van der Waals surface area contributed by atoms with Gasteiger partial charge in [-0.1, -0.05) is 263 Å². The largest absolute Gasteiger partial charge is 0.462 e. The molecule has 1 unspecified atom stereocenters. The van der Waals surface area contributed by atoms with Crippen molar-refractivity contribution in [3.8, 4) is 0 Å². The van der Waals surface area contributed by atoms with Gasteiger partial charge in [0.25, 0.3) is 0 Å². The average molecular weight is 1060 g/mol. The number of unbranched alkanes of at least 4 members (excludes halogenated alkanes) is 20. The van der Waals surface area contributed by atoms with Gasteiger partial charge in [0, 0.05) is 19.3 Å². The molecule has 0 bridgehead atoms. The van der Waals surface area contributed by atoms with Crippen molar-refractivity contribution in [2.75, 3.05) is 13.2 Å². The van der Waals surface area contributed by atoms with E-state index in [1.807, 2.05) is 12.2 Å². The Morgan fingerprint density at radius 2 is 0.532 bits per heavy atom. The summed E-state index contributed by atoms with van der Waals surface area (Å²) in [4.78, 5) is 38.3. The molecule has 6 nitrogen and oxygen atoms in total. The molecule has 0 amide bonds. The quantitative estimate of drug-likeness (QED) is 0.0261. The fourth-order valence-electron chi connectivity index (χ4n) is 8.20. The van der Waals surface area contributed by atoms with E-state index in [1.165, 1.54) is 96.3 Å². The third-order valence-corrected chi connectivity index (χ3v) is 12.8. The van der Waals surface area contributed by atoms with Crippen LogP contribution in [0.25, 0.3) is 0 Å². The Hall–Kier alpha value is -4.71. The number of hydrogen-bond donors (Lipinski definition) is 0. The third kappa shape index (κ3) is 62.0. The second kappa shape index (κ2) is 63.8. The van der Waals surface area contributed by atoms with Crippen LogP contribution in [-0.4, -0.2) is 37.2 Å². The monoisotopic (exact) mass is 1060 g/mol. The number of rotatable bonds is 55. The first-order valence-electron chi connectivity index (χ1n) is 31.3. The predicted octanol–water partition coefficient (Wildman–Crippen LogP) is 21.5. The molecule has 0 aliphatic heterocycles. The lowest BCUT2D eigenvalue weighted by Crippen LogP contribution is -2.30. The van der Waals surface area contributed by atoms with Crippen molar-refractivity contribution in [2.24, 2.45) is 0 Å². The summed E-state index contributed by atoms with van der Waals surface area (Å²) < 4.78 is 16.8. The first-order chi connectivity index (χ1) is 38.0. The summed E-state index contributed by atoms with van der Waals surface area (Å²) >= 11 is 0. The summed E-state index contributed by atoms with van der Waals surface area (Å²) in [5.74, 6) is -1.02. The van der Waals surface area contributed by atoms with Gasteiger partial charge in [-0.05, 0) is 128 Å². The standard InChI is InChI=1S/C71H114O6/c1-4-7-10-13-16-19-22-25-28-31-33-34-35-36-38-40-43-46-49-52-55-58-61-64-70(73)76-67-68(66-75-69(72)63-60-57-54-51-48-45-42-39-30-27-24-21-18-15-12-9-6-3)77-71(74)65-62-59-56-53-50-47-44-41-37-32-29-26-23-20-17-14-11-8-5-2/h8-9,11-12,17-18,20-22,25-27,29-31,33,35-37,41,47,50,56,59,68H,4-7,10,13-16,19,23-24,28,32,34,38-40,42-46,48-49,51-55,57-58,60-67H2,1-3H3/b11-8-,12-9-,20-17-,21-18-,25-22-,29-26-,30-27-,33-31-,36-35-,41-37-,50-47-,59-56-. The van der Waals surface area contributed by atoms with E-state index >= 15 is 0 Å².